The van der Waals surface area contributed by atoms with Crippen LogP contribution in [-0.2, 0) is 26.2 Å². The van der Waals surface area contributed by atoms with Crippen molar-refractivity contribution in [3.05, 3.63) is 199 Å². The molecule has 0 saturated heterocycles. The zero-order valence-electron chi connectivity index (χ0n) is 24.3. The molecule has 212 valence electrons. The van der Waals surface area contributed by atoms with Crippen molar-refractivity contribution in [3.63, 3.8) is 0 Å². The summed E-state index contributed by atoms with van der Waals surface area (Å²) in [4.78, 5) is 0. The smallest absolute Gasteiger partial charge is 0 e. The maximum absolute atomic E-state index is 4.77. The van der Waals surface area contributed by atoms with Crippen LogP contribution >= 0.6 is 11.8 Å². The van der Waals surface area contributed by atoms with E-state index in [2.05, 4.69) is 58.1 Å². The molecule has 5 rings (SSSR count). The Bertz CT molecular complexity index is 1210. The number of benzene rings is 5. The van der Waals surface area contributed by atoms with Crippen LogP contribution in [0.5, 0.6) is 0 Å². The van der Waals surface area contributed by atoms with Crippen molar-refractivity contribution in [1.82, 2.24) is 0 Å². The molecule has 5 aromatic rings. The molecule has 1 unspecified atom stereocenters. The van der Waals surface area contributed by atoms with Gasteiger partial charge in [0.1, 0.15) is 0 Å². The van der Waals surface area contributed by atoms with E-state index in [0.717, 1.165) is 28.1 Å². The third-order valence-corrected chi connectivity index (χ3v) is 6.07. The predicted octanol–water partition coefficient (Wildman–Crippen LogP) is 11.3. The summed E-state index contributed by atoms with van der Waals surface area (Å²) < 4.78 is 0. The zero-order valence-corrected chi connectivity index (χ0v) is 27.6. The van der Waals surface area contributed by atoms with Gasteiger partial charge in [-0.3, -0.25) is 0 Å². The van der Waals surface area contributed by atoms with Crippen LogP contribution in [0.1, 0.15) is 27.8 Å². The van der Waals surface area contributed by atoms with Crippen LogP contribution in [0.3, 0.4) is 0 Å². The third kappa shape index (κ3) is 15.8. The van der Waals surface area contributed by atoms with Gasteiger partial charge in [-0.1, -0.05) is 77.9 Å². The molecule has 1 atom stereocenters. The number of thioether (sulfide) groups is 1. The van der Waals surface area contributed by atoms with Crippen LogP contribution in [0.15, 0.2) is 140 Å². The van der Waals surface area contributed by atoms with Crippen molar-refractivity contribution >= 4 is 23.1 Å². The Hall–Kier alpha value is -3.46. The van der Waals surface area contributed by atoms with E-state index in [1.165, 1.54) is 11.1 Å². The summed E-state index contributed by atoms with van der Waals surface area (Å²) in [7, 11) is 0. The molecule has 2 nitrogen and oxygen atoms in total. The van der Waals surface area contributed by atoms with E-state index in [9.17, 15) is 0 Å². The van der Waals surface area contributed by atoms with Crippen LogP contribution in [-0.4, -0.2) is 11.8 Å². The maximum Gasteiger partial charge on any atom is 0 e. The molecule has 0 aromatic heterocycles. The molecule has 0 heterocycles. The molecule has 0 bridgehead atoms. The Morgan fingerprint density at radius 1 is 0.488 bits per heavy atom. The Labute approximate surface area is 272 Å². The number of aryl methyl sites for hydroxylation is 2. The van der Waals surface area contributed by atoms with Gasteiger partial charge in [0, 0.05) is 26.2 Å². The first-order valence-electron chi connectivity index (χ1n) is 13.1. The normalized spacial score (nSPS) is 9.93. The predicted molar refractivity (Wildman–Crippen MR) is 178 cm³/mol. The fourth-order valence-corrected chi connectivity index (χ4v) is 3.77. The molecule has 5 aromatic carbocycles. The summed E-state index contributed by atoms with van der Waals surface area (Å²) in [5.41, 5.74) is 7.54. The van der Waals surface area contributed by atoms with Gasteiger partial charge in [0.05, 0.1) is 0 Å². The minimum atomic E-state index is -0.0952. The number of hydrogen-bond donors (Lipinski definition) is 0. The summed E-state index contributed by atoms with van der Waals surface area (Å²) in [5, 5.41) is 9.42. The standard InChI is InChI=1S/C16H18N2S.3C7H7.Zr/c1-12-8-7-9-13(2)15(12)18-16(19-3)17-14-10-5-4-6-11-14;3*1-7-5-3-2-4-6-7;/h4-11,16H,1-3H3;3*2-6H,1H2;/q-2;3*-1;. The van der Waals surface area contributed by atoms with E-state index in [1.54, 1.807) is 11.8 Å². The number of hydrogen-bond acceptors (Lipinski definition) is 1. The fourth-order valence-electron chi connectivity index (χ4n) is 3.33. The molecule has 0 saturated carbocycles. The Morgan fingerprint density at radius 3 is 1.12 bits per heavy atom. The van der Waals surface area contributed by atoms with Crippen molar-refractivity contribution in [3.8, 4) is 0 Å². The first kappa shape index (κ1) is 35.6. The van der Waals surface area contributed by atoms with Crippen LogP contribution in [0.2, 0.25) is 0 Å². The zero-order chi connectivity index (χ0) is 29.0. The molecular weight excluding hydrogens is 596 g/mol. The number of para-hydroxylation sites is 2. The van der Waals surface area contributed by atoms with Gasteiger partial charge in [0.25, 0.3) is 0 Å². The molecule has 41 heavy (non-hydrogen) atoms. The van der Waals surface area contributed by atoms with Crippen molar-refractivity contribution < 1.29 is 26.2 Å². The summed E-state index contributed by atoms with van der Waals surface area (Å²) in [5.74, 6) is 0. The first-order chi connectivity index (χ1) is 19.4. The largest absolute Gasteiger partial charge is 0.689 e. The van der Waals surface area contributed by atoms with Gasteiger partial charge in [0.2, 0.25) is 0 Å². The fraction of sp³-hybridized carbons (Fsp3) is 0.108. The van der Waals surface area contributed by atoms with Gasteiger partial charge in [0.15, 0.2) is 0 Å². The van der Waals surface area contributed by atoms with E-state index in [4.69, 9.17) is 5.32 Å². The molecule has 0 amide bonds. The summed E-state index contributed by atoms with van der Waals surface area (Å²) in [6.07, 6.45) is 2.04. The van der Waals surface area contributed by atoms with Crippen LogP contribution < -0.4 is 0 Å². The summed E-state index contributed by atoms with van der Waals surface area (Å²) in [6.45, 7) is 15.3. The molecule has 0 aliphatic heterocycles. The Kier molecular flexibility index (Phi) is 18.5. The van der Waals surface area contributed by atoms with E-state index < -0.39 is 0 Å². The van der Waals surface area contributed by atoms with Crippen LogP contribution in [0.25, 0.3) is 10.6 Å². The molecular formula is C37H39N2SZr-5. The monoisotopic (exact) mass is 633 g/mol. The van der Waals surface area contributed by atoms with E-state index in [0.29, 0.717) is 0 Å². The minimum absolute atomic E-state index is 0. The molecule has 4 heteroatoms. The maximum atomic E-state index is 4.77. The summed E-state index contributed by atoms with van der Waals surface area (Å²) in [6, 6.07) is 45.9. The molecule has 0 aliphatic carbocycles. The second-order valence-corrected chi connectivity index (χ2v) is 9.75. The second kappa shape index (κ2) is 21.3. The minimum Gasteiger partial charge on any atom is -0.689 e. The molecule has 0 radical (unpaired) electrons. The van der Waals surface area contributed by atoms with Crippen molar-refractivity contribution in [2.45, 2.75) is 19.3 Å². The van der Waals surface area contributed by atoms with Crippen molar-refractivity contribution in [2.75, 3.05) is 6.26 Å². The van der Waals surface area contributed by atoms with Gasteiger partial charge >= 0.3 is 0 Å². The number of nitrogens with zero attached hydrogens (tertiary/aromatic N) is 2. The Balaban J connectivity index is 0.000000313. The van der Waals surface area contributed by atoms with E-state index in [1.807, 2.05) is 128 Å². The molecule has 0 aliphatic rings. The topological polar surface area (TPSA) is 28.2 Å². The van der Waals surface area contributed by atoms with Crippen molar-refractivity contribution in [2.24, 2.45) is 0 Å². The third-order valence-electron chi connectivity index (χ3n) is 5.43. The quantitative estimate of drug-likeness (QED) is 0.177. The molecule has 0 fully saturated rings. The van der Waals surface area contributed by atoms with Gasteiger partial charge in [-0.25, -0.2) is 11.8 Å². The first-order valence-corrected chi connectivity index (χ1v) is 14.3. The van der Waals surface area contributed by atoms with E-state index in [-0.39, 0.29) is 31.7 Å². The summed E-state index contributed by atoms with van der Waals surface area (Å²) >= 11 is 1.64. The van der Waals surface area contributed by atoms with Gasteiger partial charge in [-0.2, -0.15) is 79.4 Å². The van der Waals surface area contributed by atoms with Crippen molar-refractivity contribution in [1.29, 1.82) is 0 Å². The average molecular weight is 635 g/mol. The number of rotatable bonds is 5. The SMILES string of the molecule is CSC([N-]c1ccccc1)[N-]c1c(C)cccc1C.[CH2-]c1ccccc1.[CH2-]c1ccccc1.[CH2-]c1ccccc1.[Zr]. The second-order valence-electron chi connectivity index (χ2n) is 8.85. The van der Waals surface area contributed by atoms with Gasteiger partial charge in [-0.15, -0.1) is 47.8 Å². The average Bonchev–Trinajstić information content (AvgIpc) is 2.97. The molecule has 0 spiro atoms. The molecule has 0 N–H and O–H groups in total. The van der Waals surface area contributed by atoms with Gasteiger partial charge in [-0.05, 0) is 20.1 Å². The Morgan fingerprint density at radius 2 is 0.829 bits per heavy atom. The van der Waals surface area contributed by atoms with E-state index >= 15 is 0 Å². The van der Waals surface area contributed by atoms with Crippen LogP contribution in [0, 0.1) is 34.6 Å². The van der Waals surface area contributed by atoms with Crippen LogP contribution in [0.4, 0.5) is 11.4 Å². The van der Waals surface area contributed by atoms with Gasteiger partial charge < -0.3 is 10.6 Å².